The number of benzene rings is 2. The zero-order valence-corrected chi connectivity index (χ0v) is 16.8. The van der Waals surface area contributed by atoms with Crippen molar-refractivity contribution in [3.05, 3.63) is 89.0 Å². The molecule has 1 atom stereocenters. The Kier molecular flexibility index (Phi) is 8.18. The molecule has 0 aromatic heterocycles. The molecule has 0 aliphatic carbocycles. The third-order valence-corrected chi connectivity index (χ3v) is 4.46. The van der Waals surface area contributed by atoms with Gasteiger partial charge in [-0.3, -0.25) is 9.59 Å². The Morgan fingerprint density at radius 2 is 1.40 bits per heavy atom. The van der Waals surface area contributed by atoms with Crippen molar-refractivity contribution >= 4 is 17.3 Å². The van der Waals surface area contributed by atoms with Gasteiger partial charge in [-0.25, -0.2) is 8.78 Å². The van der Waals surface area contributed by atoms with E-state index in [1.54, 1.807) is 30.3 Å². The van der Waals surface area contributed by atoms with Crippen LogP contribution in [0.5, 0.6) is 0 Å². The summed E-state index contributed by atoms with van der Waals surface area (Å²) in [5, 5.41) is 18.8. The molecule has 2 aromatic rings. The molecular weight excluding hydrogens is 390 g/mol. The first-order valence-electron chi connectivity index (χ1n) is 9.53. The maximum atomic E-state index is 13.4. The van der Waals surface area contributed by atoms with Crippen LogP contribution in [0.3, 0.4) is 0 Å². The van der Waals surface area contributed by atoms with E-state index < -0.39 is 24.3 Å². The van der Waals surface area contributed by atoms with E-state index >= 15 is 0 Å². The van der Waals surface area contributed by atoms with E-state index in [0.29, 0.717) is 11.1 Å². The summed E-state index contributed by atoms with van der Waals surface area (Å²) in [5.41, 5.74) is 2.96. The van der Waals surface area contributed by atoms with Crippen LogP contribution in [0.15, 0.2) is 66.3 Å². The molecule has 0 spiro atoms. The SMILES string of the molecule is CC(C)C(C=C[C@@H](O)CC(=O)CC(=O)O)=C(c1ccc(F)cc1)c1ccc(F)cc1. The van der Waals surface area contributed by atoms with Crippen molar-refractivity contribution in [1.29, 1.82) is 0 Å². The molecule has 0 heterocycles. The van der Waals surface area contributed by atoms with Crippen LogP contribution < -0.4 is 0 Å². The highest BCUT2D eigenvalue weighted by Gasteiger charge is 2.16. The minimum atomic E-state index is -1.24. The lowest BCUT2D eigenvalue weighted by Gasteiger charge is -2.18. The number of carbonyl (C=O) groups is 2. The minimum Gasteiger partial charge on any atom is -0.481 e. The van der Waals surface area contributed by atoms with Gasteiger partial charge in [0.25, 0.3) is 0 Å². The van der Waals surface area contributed by atoms with E-state index in [0.717, 1.165) is 11.1 Å². The standard InChI is InChI=1S/C24H24F2O4/c1-15(2)22(12-11-20(27)13-21(28)14-23(29)30)24(16-3-7-18(25)8-4-16)17-5-9-19(26)10-6-17/h3-12,15,20,27H,13-14H2,1-2H3,(H,29,30)/t20-/m1/s1. The van der Waals surface area contributed by atoms with E-state index in [2.05, 4.69) is 0 Å². The predicted molar refractivity (Wildman–Crippen MR) is 111 cm³/mol. The van der Waals surface area contributed by atoms with E-state index in [9.17, 15) is 23.5 Å². The first-order valence-corrected chi connectivity index (χ1v) is 9.53. The summed E-state index contributed by atoms with van der Waals surface area (Å²) < 4.78 is 26.9. The van der Waals surface area contributed by atoms with Crippen LogP contribution in [0.1, 0.15) is 37.8 Å². The third-order valence-electron chi connectivity index (χ3n) is 4.46. The number of allylic oxidation sites excluding steroid dienone is 2. The number of hydrogen-bond donors (Lipinski definition) is 2. The molecule has 0 aliphatic rings. The molecule has 0 saturated heterocycles. The molecule has 2 aromatic carbocycles. The molecule has 2 N–H and O–H groups in total. The number of carboxylic acids is 1. The van der Waals surface area contributed by atoms with E-state index in [-0.39, 0.29) is 24.0 Å². The van der Waals surface area contributed by atoms with Crippen LogP contribution in [-0.2, 0) is 9.59 Å². The van der Waals surface area contributed by atoms with Gasteiger partial charge in [0.1, 0.15) is 23.8 Å². The van der Waals surface area contributed by atoms with Crippen LogP contribution >= 0.6 is 0 Å². The minimum absolute atomic E-state index is 0.0201. The molecule has 0 fully saturated rings. The molecule has 0 bridgehead atoms. The van der Waals surface area contributed by atoms with Crippen molar-refractivity contribution in [3.63, 3.8) is 0 Å². The maximum absolute atomic E-state index is 13.4. The smallest absolute Gasteiger partial charge is 0.310 e. The topological polar surface area (TPSA) is 74.6 Å². The molecule has 0 amide bonds. The van der Waals surface area contributed by atoms with Crippen LogP contribution in [-0.4, -0.2) is 28.1 Å². The summed E-state index contributed by atoms with van der Waals surface area (Å²) in [6.45, 7) is 3.88. The maximum Gasteiger partial charge on any atom is 0.310 e. The zero-order chi connectivity index (χ0) is 22.3. The molecule has 4 nitrogen and oxygen atoms in total. The van der Waals surface area contributed by atoms with Crippen LogP contribution in [0.2, 0.25) is 0 Å². The normalized spacial score (nSPS) is 12.2. The first kappa shape index (κ1) is 23.2. The number of carboxylic acid groups (broad SMARTS) is 1. The molecule has 30 heavy (non-hydrogen) atoms. The monoisotopic (exact) mass is 414 g/mol. The van der Waals surface area contributed by atoms with Gasteiger partial charge < -0.3 is 10.2 Å². The molecule has 0 saturated carbocycles. The molecule has 0 unspecified atom stereocenters. The molecule has 2 rings (SSSR count). The summed E-state index contributed by atoms with van der Waals surface area (Å²) >= 11 is 0. The molecule has 0 aliphatic heterocycles. The van der Waals surface area contributed by atoms with Crippen molar-refractivity contribution in [1.82, 2.24) is 0 Å². The summed E-state index contributed by atoms with van der Waals surface area (Å²) in [5.74, 6) is -2.61. The van der Waals surface area contributed by atoms with Crippen molar-refractivity contribution < 1.29 is 28.6 Å². The summed E-state index contributed by atoms with van der Waals surface area (Å²) in [6.07, 6.45) is 1.01. The summed E-state index contributed by atoms with van der Waals surface area (Å²) in [4.78, 5) is 22.2. The van der Waals surface area contributed by atoms with Crippen molar-refractivity contribution in [2.24, 2.45) is 5.92 Å². The van der Waals surface area contributed by atoms with Crippen molar-refractivity contribution in [2.75, 3.05) is 0 Å². The average molecular weight is 414 g/mol. The van der Waals surface area contributed by atoms with E-state index in [4.69, 9.17) is 5.11 Å². The summed E-state index contributed by atoms with van der Waals surface area (Å²) in [7, 11) is 0. The largest absolute Gasteiger partial charge is 0.481 e. The fourth-order valence-corrected chi connectivity index (χ4v) is 3.05. The Bertz CT molecular complexity index is 895. The number of Topliss-reactive ketones (excluding diaryl/α,β-unsaturated/α-hetero) is 1. The number of ketones is 1. The second kappa shape index (κ2) is 10.6. The number of aliphatic carboxylic acids is 1. The fourth-order valence-electron chi connectivity index (χ4n) is 3.05. The van der Waals surface area contributed by atoms with Gasteiger partial charge in [-0.2, -0.15) is 0 Å². The highest BCUT2D eigenvalue weighted by Crippen LogP contribution is 2.32. The number of aliphatic hydroxyl groups excluding tert-OH is 1. The highest BCUT2D eigenvalue weighted by molar-refractivity contribution is 5.95. The number of carbonyl (C=O) groups excluding carboxylic acids is 1. The molecular formula is C24H24F2O4. The van der Waals surface area contributed by atoms with Gasteiger partial charge in [0.15, 0.2) is 0 Å². The molecule has 6 heteroatoms. The third kappa shape index (κ3) is 6.74. The molecule has 158 valence electrons. The van der Waals surface area contributed by atoms with Gasteiger partial charge in [-0.15, -0.1) is 0 Å². The van der Waals surface area contributed by atoms with Gasteiger partial charge in [-0.1, -0.05) is 50.3 Å². The number of aliphatic hydroxyl groups is 1. The van der Waals surface area contributed by atoms with Crippen LogP contribution in [0.25, 0.3) is 5.57 Å². The van der Waals surface area contributed by atoms with Crippen molar-refractivity contribution in [2.45, 2.75) is 32.8 Å². The quantitative estimate of drug-likeness (QED) is 0.458. The second-order valence-corrected chi connectivity index (χ2v) is 7.24. The Morgan fingerprint density at radius 1 is 0.933 bits per heavy atom. The van der Waals surface area contributed by atoms with Gasteiger partial charge in [0.2, 0.25) is 0 Å². The van der Waals surface area contributed by atoms with Crippen LogP contribution in [0.4, 0.5) is 8.78 Å². The molecule has 0 radical (unpaired) electrons. The Morgan fingerprint density at radius 3 is 1.80 bits per heavy atom. The van der Waals surface area contributed by atoms with Gasteiger partial charge >= 0.3 is 5.97 Å². The Balaban J connectivity index is 2.48. The Labute approximate surface area is 174 Å². The second-order valence-electron chi connectivity index (χ2n) is 7.24. The first-order chi connectivity index (χ1) is 14.2. The van der Waals surface area contributed by atoms with Gasteiger partial charge in [0.05, 0.1) is 6.10 Å². The van der Waals surface area contributed by atoms with Crippen molar-refractivity contribution in [3.8, 4) is 0 Å². The van der Waals surface area contributed by atoms with E-state index in [1.807, 2.05) is 13.8 Å². The number of rotatable bonds is 9. The van der Waals surface area contributed by atoms with Gasteiger partial charge in [-0.05, 0) is 52.5 Å². The zero-order valence-electron chi connectivity index (χ0n) is 16.8. The average Bonchev–Trinajstić information content (AvgIpc) is 2.66. The lowest BCUT2D eigenvalue weighted by Crippen LogP contribution is -2.14. The lowest BCUT2D eigenvalue weighted by molar-refractivity contribution is -0.140. The van der Waals surface area contributed by atoms with Crippen LogP contribution in [0, 0.1) is 17.6 Å². The highest BCUT2D eigenvalue weighted by atomic mass is 19.1. The number of halogens is 2. The van der Waals surface area contributed by atoms with E-state index in [1.165, 1.54) is 30.3 Å². The predicted octanol–water partition coefficient (Wildman–Crippen LogP) is 4.77. The summed E-state index contributed by atoms with van der Waals surface area (Å²) in [6, 6.07) is 11.8. The Hall–Kier alpha value is -3.12. The van der Waals surface area contributed by atoms with Gasteiger partial charge in [0, 0.05) is 6.42 Å². The lowest BCUT2D eigenvalue weighted by atomic mass is 9.87. The number of hydrogen-bond acceptors (Lipinski definition) is 3. The fraction of sp³-hybridized carbons (Fsp3) is 0.250.